The summed E-state index contributed by atoms with van der Waals surface area (Å²) in [5, 5.41) is 2.43. The van der Waals surface area contributed by atoms with Gasteiger partial charge >= 0.3 is 5.97 Å². The molecule has 1 atom stereocenters. The van der Waals surface area contributed by atoms with Gasteiger partial charge in [-0.3, -0.25) is 0 Å². The molecule has 0 saturated heterocycles. The van der Waals surface area contributed by atoms with Crippen LogP contribution in [0.1, 0.15) is 20.3 Å². The Balaban J connectivity index is 2.91. The van der Waals surface area contributed by atoms with Crippen molar-refractivity contribution in [2.24, 2.45) is 0 Å². The molecule has 3 nitrogen and oxygen atoms in total. The van der Waals surface area contributed by atoms with Gasteiger partial charge in [0, 0.05) is 12.1 Å². The molecule has 0 amide bonds. The molecular weight excluding hydrogens is 247 g/mol. The van der Waals surface area contributed by atoms with Crippen LogP contribution in [0.15, 0.2) is 12.1 Å². The van der Waals surface area contributed by atoms with E-state index in [-0.39, 0.29) is 6.61 Å². The van der Waals surface area contributed by atoms with Crippen LogP contribution in [0.3, 0.4) is 0 Å². The van der Waals surface area contributed by atoms with Gasteiger partial charge in [0.2, 0.25) is 0 Å². The van der Waals surface area contributed by atoms with Gasteiger partial charge in [0.05, 0.1) is 12.3 Å². The second kappa shape index (κ2) is 6.28. The summed E-state index contributed by atoms with van der Waals surface area (Å²) in [7, 11) is 0. The van der Waals surface area contributed by atoms with Crippen molar-refractivity contribution in [2.45, 2.75) is 26.3 Å². The van der Waals surface area contributed by atoms with E-state index in [1.165, 1.54) is 0 Å². The largest absolute Gasteiger partial charge is 0.464 e. The fourth-order valence-corrected chi connectivity index (χ4v) is 1.42. The molecule has 1 unspecified atom stereocenters. The molecule has 6 heteroatoms. The molecule has 0 bridgehead atoms. The topological polar surface area (TPSA) is 38.3 Å². The number of ether oxygens (including phenoxy) is 1. The lowest BCUT2D eigenvalue weighted by Crippen LogP contribution is -2.31. The fraction of sp³-hybridized carbons (Fsp3) is 0.417. The zero-order chi connectivity index (χ0) is 13.7. The molecule has 1 aromatic carbocycles. The van der Waals surface area contributed by atoms with Crippen LogP contribution < -0.4 is 5.32 Å². The van der Waals surface area contributed by atoms with Crippen LogP contribution in [0.2, 0.25) is 0 Å². The van der Waals surface area contributed by atoms with E-state index in [4.69, 9.17) is 4.74 Å². The van der Waals surface area contributed by atoms with Crippen LogP contribution in [0, 0.1) is 17.5 Å². The second-order valence-corrected chi connectivity index (χ2v) is 3.61. The summed E-state index contributed by atoms with van der Waals surface area (Å²) in [6.45, 7) is 3.48. The third-order valence-electron chi connectivity index (χ3n) is 2.30. The minimum atomic E-state index is -1.31. The molecule has 1 rings (SSSR count). The summed E-state index contributed by atoms with van der Waals surface area (Å²) in [5.41, 5.74) is -0.396. The molecule has 1 N–H and O–H groups in total. The number of esters is 1. The summed E-state index contributed by atoms with van der Waals surface area (Å²) in [6.07, 6.45) is 0.302. The van der Waals surface area contributed by atoms with Crippen LogP contribution in [0.4, 0.5) is 18.9 Å². The summed E-state index contributed by atoms with van der Waals surface area (Å²) in [5.74, 6) is -4.05. The van der Waals surface area contributed by atoms with E-state index < -0.39 is 35.2 Å². The Morgan fingerprint density at radius 1 is 1.33 bits per heavy atom. The van der Waals surface area contributed by atoms with Crippen molar-refractivity contribution in [3.63, 3.8) is 0 Å². The normalized spacial score (nSPS) is 12.1. The van der Waals surface area contributed by atoms with Gasteiger partial charge < -0.3 is 10.1 Å². The lowest BCUT2D eigenvalue weighted by molar-refractivity contribution is -0.144. The smallest absolute Gasteiger partial charge is 0.328 e. The maximum atomic E-state index is 13.4. The molecule has 0 aliphatic heterocycles. The predicted octanol–water partition coefficient (Wildman–Crippen LogP) is 2.86. The van der Waals surface area contributed by atoms with Gasteiger partial charge in [-0.25, -0.2) is 18.0 Å². The molecule has 0 radical (unpaired) electrons. The van der Waals surface area contributed by atoms with Crippen molar-refractivity contribution in [3.8, 4) is 0 Å². The molecule has 0 aliphatic rings. The van der Waals surface area contributed by atoms with E-state index in [2.05, 4.69) is 5.32 Å². The molecular formula is C12H14F3NO2. The molecule has 0 heterocycles. The highest BCUT2D eigenvalue weighted by molar-refractivity contribution is 5.79. The van der Waals surface area contributed by atoms with Crippen molar-refractivity contribution < 1.29 is 22.7 Å². The zero-order valence-corrected chi connectivity index (χ0v) is 10.1. The number of halogens is 3. The molecule has 1 aromatic rings. The van der Waals surface area contributed by atoms with Crippen molar-refractivity contribution in [3.05, 3.63) is 29.6 Å². The highest BCUT2D eigenvalue weighted by atomic mass is 19.2. The van der Waals surface area contributed by atoms with Crippen LogP contribution in [-0.2, 0) is 9.53 Å². The fourth-order valence-electron chi connectivity index (χ4n) is 1.42. The SMILES string of the molecule is CCOC(=O)C(CC)Nc1cc(F)cc(F)c1F. The van der Waals surface area contributed by atoms with Crippen LogP contribution >= 0.6 is 0 Å². The standard InChI is InChI=1S/C12H14F3NO2/c1-3-9(12(17)18-4-2)16-10-6-7(13)5-8(14)11(10)15/h5-6,9,16H,3-4H2,1-2H3. The number of nitrogens with one attached hydrogen (secondary N) is 1. The zero-order valence-electron chi connectivity index (χ0n) is 10.1. The number of rotatable bonds is 5. The second-order valence-electron chi connectivity index (χ2n) is 3.61. The lowest BCUT2D eigenvalue weighted by atomic mass is 10.2. The van der Waals surface area contributed by atoms with Crippen LogP contribution in [0.25, 0.3) is 0 Å². The molecule has 0 fully saturated rings. The average molecular weight is 261 g/mol. The van der Waals surface area contributed by atoms with E-state index in [9.17, 15) is 18.0 Å². The number of hydrogen-bond donors (Lipinski definition) is 1. The first-order chi connectivity index (χ1) is 8.49. The maximum absolute atomic E-state index is 13.4. The third kappa shape index (κ3) is 3.38. The van der Waals surface area contributed by atoms with Crippen LogP contribution in [-0.4, -0.2) is 18.6 Å². The third-order valence-corrected chi connectivity index (χ3v) is 2.30. The molecule has 18 heavy (non-hydrogen) atoms. The van der Waals surface area contributed by atoms with Gasteiger partial charge in [-0.1, -0.05) is 6.92 Å². The average Bonchev–Trinajstić information content (AvgIpc) is 2.32. The maximum Gasteiger partial charge on any atom is 0.328 e. The van der Waals surface area contributed by atoms with E-state index >= 15 is 0 Å². The van der Waals surface area contributed by atoms with Gasteiger partial charge in [0.1, 0.15) is 11.9 Å². The number of carbonyl (C=O) groups is 1. The molecule has 0 aliphatic carbocycles. The van der Waals surface area contributed by atoms with Gasteiger partial charge in [-0.15, -0.1) is 0 Å². The predicted molar refractivity (Wildman–Crippen MR) is 60.7 cm³/mol. The lowest BCUT2D eigenvalue weighted by Gasteiger charge is -2.17. The quantitative estimate of drug-likeness (QED) is 0.654. The minimum absolute atomic E-state index is 0.178. The minimum Gasteiger partial charge on any atom is -0.464 e. The van der Waals surface area contributed by atoms with E-state index in [0.29, 0.717) is 12.5 Å². The van der Waals surface area contributed by atoms with Crippen molar-refractivity contribution in [2.75, 3.05) is 11.9 Å². The summed E-state index contributed by atoms with van der Waals surface area (Å²) in [4.78, 5) is 11.5. The Bertz CT molecular complexity index is 438. The summed E-state index contributed by atoms with van der Waals surface area (Å²) < 4.78 is 44.0. The number of hydrogen-bond acceptors (Lipinski definition) is 3. The van der Waals surface area contributed by atoms with Gasteiger partial charge in [-0.2, -0.15) is 0 Å². The van der Waals surface area contributed by atoms with Crippen LogP contribution in [0.5, 0.6) is 0 Å². The molecule has 0 spiro atoms. The Labute approximate surface area is 103 Å². The molecule has 100 valence electrons. The number of benzene rings is 1. The van der Waals surface area contributed by atoms with E-state index in [1.807, 2.05) is 0 Å². The first-order valence-corrected chi connectivity index (χ1v) is 5.57. The monoisotopic (exact) mass is 261 g/mol. The van der Waals surface area contributed by atoms with Gasteiger partial charge in [-0.05, 0) is 13.3 Å². The first kappa shape index (κ1) is 14.3. The Kier molecular flexibility index (Phi) is 5.00. The highest BCUT2D eigenvalue weighted by Crippen LogP contribution is 2.20. The van der Waals surface area contributed by atoms with E-state index in [0.717, 1.165) is 6.07 Å². The van der Waals surface area contributed by atoms with Crippen molar-refractivity contribution in [1.82, 2.24) is 0 Å². The summed E-state index contributed by atoms with van der Waals surface area (Å²) in [6, 6.07) is 0.382. The molecule has 0 saturated carbocycles. The number of anilines is 1. The van der Waals surface area contributed by atoms with Crippen molar-refractivity contribution >= 4 is 11.7 Å². The molecule has 0 aromatic heterocycles. The van der Waals surface area contributed by atoms with E-state index in [1.54, 1.807) is 13.8 Å². The summed E-state index contributed by atoms with van der Waals surface area (Å²) >= 11 is 0. The Hall–Kier alpha value is -1.72. The van der Waals surface area contributed by atoms with Crippen molar-refractivity contribution in [1.29, 1.82) is 0 Å². The number of carbonyl (C=O) groups excluding carboxylic acids is 1. The Morgan fingerprint density at radius 3 is 2.56 bits per heavy atom. The first-order valence-electron chi connectivity index (χ1n) is 5.57. The highest BCUT2D eigenvalue weighted by Gasteiger charge is 2.20. The Morgan fingerprint density at radius 2 is 2.00 bits per heavy atom. The van der Waals surface area contributed by atoms with Gasteiger partial charge in [0.25, 0.3) is 0 Å². The van der Waals surface area contributed by atoms with Gasteiger partial charge in [0.15, 0.2) is 11.6 Å².